The molecular weight excluding hydrogens is 274 g/mol. The van der Waals surface area contributed by atoms with Gasteiger partial charge in [-0.1, -0.05) is 0 Å². The zero-order valence-corrected chi connectivity index (χ0v) is 10.9. The van der Waals surface area contributed by atoms with Crippen LogP contribution in [-0.4, -0.2) is 35.2 Å². The molecule has 0 saturated heterocycles. The van der Waals surface area contributed by atoms with E-state index in [1.54, 1.807) is 23.7 Å². The summed E-state index contributed by atoms with van der Waals surface area (Å²) in [6, 6.07) is 5.66. The molecule has 0 radical (unpaired) electrons. The number of rotatable bonds is 2. The number of aromatic nitrogens is 7. The molecule has 0 fully saturated rings. The van der Waals surface area contributed by atoms with Crippen LogP contribution < -0.4 is 0 Å². The van der Waals surface area contributed by atoms with E-state index in [1.807, 2.05) is 23.6 Å². The molecular formula is C12H7N7S. The summed E-state index contributed by atoms with van der Waals surface area (Å²) in [5, 5.41) is 15.3. The number of pyridine rings is 1. The van der Waals surface area contributed by atoms with Gasteiger partial charge in [-0.05, 0) is 28.8 Å². The normalized spacial score (nSPS) is 11.0. The summed E-state index contributed by atoms with van der Waals surface area (Å²) in [6.07, 6.45) is 4.90. The molecule has 0 aliphatic carbocycles. The third-order valence-corrected chi connectivity index (χ3v) is 3.58. The minimum absolute atomic E-state index is 0.514. The topological polar surface area (TPSA) is 82.3 Å². The maximum Gasteiger partial charge on any atom is 0.206 e. The lowest BCUT2D eigenvalue weighted by atomic mass is 10.3. The Kier molecular flexibility index (Phi) is 2.46. The van der Waals surface area contributed by atoms with Crippen molar-refractivity contribution in [1.29, 1.82) is 0 Å². The van der Waals surface area contributed by atoms with E-state index in [2.05, 4.69) is 30.4 Å². The first-order chi connectivity index (χ1) is 9.92. The summed E-state index contributed by atoms with van der Waals surface area (Å²) in [7, 11) is 0. The summed E-state index contributed by atoms with van der Waals surface area (Å²) in [5.74, 6) is 1.14. The zero-order chi connectivity index (χ0) is 13.4. The molecule has 4 aromatic rings. The molecule has 20 heavy (non-hydrogen) atoms. The monoisotopic (exact) mass is 281 g/mol. The minimum atomic E-state index is 0.514. The van der Waals surface area contributed by atoms with Gasteiger partial charge in [-0.2, -0.15) is 0 Å². The van der Waals surface area contributed by atoms with E-state index < -0.39 is 0 Å². The smallest absolute Gasteiger partial charge is 0.206 e. The molecule has 7 nitrogen and oxygen atoms in total. The standard InChI is InChI=1S/C12H7N7S/c1-2-8(6-13-4-1)10-16-18-19(17-10)11-9-3-5-20-12(9)15-7-14-11/h1-7H. The van der Waals surface area contributed by atoms with Gasteiger partial charge in [-0.3, -0.25) is 4.98 Å². The maximum atomic E-state index is 4.35. The molecule has 0 aliphatic rings. The van der Waals surface area contributed by atoms with Crippen LogP contribution in [0.15, 0.2) is 42.3 Å². The lowest BCUT2D eigenvalue weighted by Crippen LogP contribution is -2.02. The molecule has 0 unspecified atom stereocenters. The number of hydrogen-bond donors (Lipinski definition) is 0. The van der Waals surface area contributed by atoms with E-state index in [0.717, 1.165) is 15.8 Å². The van der Waals surface area contributed by atoms with Crippen LogP contribution in [0.4, 0.5) is 0 Å². The zero-order valence-electron chi connectivity index (χ0n) is 10.1. The van der Waals surface area contributed by atoms with Gasteiger partial charge in [0.2, 0.25) is 5.82 Å². The average Bonchev–Trinajstić information content (AvgIpc) is 3.17. The van der Waals surface area contributed by atoms with Crippen molar-refractivity contribution in [3.05, 3.63) is 42.3 Å². The second kappa shape index (κ2) is 4.42. The van der Waals surface area contributed by atoms with Crippen LogP contribution in [0.5, 0.6) is 0 Å². The molecule has 0 N–H and O–H groups in total. The Hall–Kier alpha value is -2.74. The van der Waals surface area contributed by atoms with Crippen molar-refractivity contribution in [2.75, 3.05) is 0 Å². The lowest BCUT2D eigenvalue weighted by molar-refractivity contribution is 0.705. The van der Waals surface area contributed by atoms with Gasteiger partial charge in [0, 0.05) is 18.0 Å². The van der Waals surface area contributed by atoms with E-state index in [0.29, 0.717) is 11.6 Å². The molecule has 0 aromatic carbocycles. The highest BCUT2D eigenvalue weighted by atomic mass is 32.1. The van der Waals surface area contributed by atoms with Crippen molar-refractivity contribution in [2.45, 2.75) is 0 Å². The van der Waals surface area contributed by atoms with E-state index in [4.69, 9.17) is 0 Å². The highest BCUT2D eigenvalue weighted by Crippen LogP contribution is 2.22. The highest BCUT2D eigenvalue weighted by Gasteiger charge is 2.12. The number of fused-ring (bicyclic) bond motifs is 1. The van der Waals surface area contributed by atoms with Crippen molar-refractivity contribution in [2.24, 2.45) is 0 Å². The fourth-order valence-corrected chi connectivity index (χ4v) is 2.58. The Labute approximate surface area is 117 Å². The average molecular weight is 281 g/mol. The van der Waals surface area contributed by atoms with Crippen molar-refractivity contribution in [3.8, 4) is 17.2 Å². The van der Waals surface area contributed by atoms with E-state index >= 15 is 0 Å². The SMILES string of the molecule is c1cncc(-c2nnn(-c3ncnc4sccc34)n2)c1. The van der Waals surface area contributed by atoms with Gasteiger partial charge in [0.15, 0.2) is 5.82 Å². The predicted molar refractivity (Wildman–Crippen MR) is 73.4 cm³/mol. The molecule has 4 heterocycles. The maximum absolute atomic E-state index is 4.35. The molecule has 0 bridgehead atoms. The molecule has 0 amide bonds. The van der Waals surface area contributed by atoms with Gasteiger partial charge < -0.3 is 0 Å². The largest absolute Gasteiger partial charge is 0.264 e. The summed E-state index contributed by atoms with van der Waals surface area (Å²) in [4.78, 5) is 14.8. The molecule has 0 spiro atoms. The second-order valence-electron chi connectivity index (χ2n) is 3.98. The predicted octanol–water partition coefficient (Wildman–Crippen LogP) is 1.73. The van der Waals surface area contributed by atoms with Crippen LogP contribution in [0.3, 0.4) is 0 Å². The van der Waals surface area contributed by atoms with Crippen molar-refractivity contribution in [3.63, 3.8) is 0 Å². The highest BCUT2D eigenvalue weighted by molar-refractivity contribution is 7.16. The van der Waals surface area contributed by atoms with Crippen molar-refractivity contribution >= 4 is 21.6 Å². The first-order valence-electron chi connectivity index (χ1n) is 5.81. The van der Waals surface area contributed by atoms with Gasteiger partial charge in [0.1, 0.15) is 11.2 Å². The van der Waals surface area contributed by atoms with Crippen molar-refractivity contribution < 1.29 is 0 Å². The third kappa shape index (κ3) is 1.74. The molecule has 4 rings (SSSR count). The van der Waals surface area contributed by atoms with Crippen LogP contribution in [0.2, 0.25) is 0 Å². The van der Waals surface area contributed by atoms with Gasteiger partial charge in [-0.15, -0.1) is 26.3 Å². The first-order valence-corrected chi connectivity index (χ1v) is 6.69. The second-order valence-corrected chi connectivity index (χ2v) is 4.88. The molecule has 0 saturated carbocycles. The fraction of sp³-hybridized carbons (Fsp3) is 0. The van der Waals surface area contributed by atoms with Crippen LogP contribution in [0, 0.1) is 0 Å². The number of thiophene rings is 1. The quantitative estimate of drug-likeness (QED) is 0.556. The molecule has 8 heteroatoms. The van der Waals surface area contributed by atoms with Crippen LogP contribution >= 0.6 is 11.3 Å². The summed E-state index contributed by atoms with van der Waals surface area (Å²) >= 11 is 1.55. The van der Waals surface area contributed by atoms with Crippen LogP contribution in [0.1, 0.15) is 0 Å². The first kappa shape index (κ1) is 11.1. The lowest BCUT2D eigenvalue weighted by Gasteiger charge is -1.97. The van der Waals surface area contributed by atoms with E-state index in [-0.39, 0.29) is 0 Å². The molecule has 96 valence electrons. The summed E-state index contributed by atoms with van der Waals surface area (Å²) in [5.41, 5.74) is 0.814. The Morgan fingerprint density at radius 1 is 1.15 bits per heavy atom. The third-order valence-electron chi connectivity index (χ3n) is 2.76. The van der Waals surface area contributed by atoms with Gasteiger partial charge in [0.05, 0.1) is 5.39 Å². The number of hydrogen-bond acceptors (Lipinski definition) is 7. The van der Waals surface area contributed by atoms with Gasteiger partial charge in [-0.25, -0.2) is 9.97 Å². The fourth-order valence-electron chi connectivity index (χ4n) is 1.85. The molecule has 0 atom stereocenters. The number of nitrogens with zero attached hydrogens (tertiary/aromatic N) is 7. The van der Waals surface area contributed by atoms with Gasteiger partial charge in [0.25, 0.3) is 0 Å². The van der Waals surface area contributed by atoms with Crippen molar-refractivity contribution in [1.82, 2.24) is 35.2 Å². The Bertz CT molecular complexity index is 868. The molecule has 0 aliphatic heterocycles. The van der Waals surface area contributed by atoms with Gasteiger partial charge >= 0.3 is 0 Å². The van der Waals surface area contributed by atoms with E-state index in [9.17, 15) is 0 Å². The Morgan fingerprint density at radius 2 is 2.15 bits per heavy atom. The summed E-state index contributed by atoms with van der Waals surface area (Å²) in [6.45, 7) is 0. The minimum Gasteiger partial charge on any atom is -0.264 e. The summed E-state index contributed by atoms with van der Waals surface area (Å²) < 4.78 is 0. The van der Waals surface area contributed by atoms with Crippen LogP contribution in [0.25, 0.3) is 27.4 Å². The molecule has 4 aromatic heterocycles. The number of tetrazole rings is 1. The Morgan fingerprint density at radius 3 is 3.05 bits per heavy atom. The van der Waals surface area contributed by atoms with E-state index in [1.165, 1.54) is 11.1 Å². The Balaban J connectivity index is 1.84. The van der Waals surface area contributed by atoms with Crippen LogP contribution in [-0.2, 0) is 0 Å².